The highest BCUT2D eigenvalue weighted by Gasteiger charge is 2.13. The molecule has 1 N–H and O–H groups in total. The largest absolute Gasteiger partial charge is 0.296 e. The summed E-state index contributed by atoms with van der Waals surface area (Å²) in [6.45, 7) is 1.85. The van der Waals surface area contributed by atoms with Crippen molar-refractivity contribution in [3.05, 3.63) is 29.0 Å². The normalized spacial score (nSPS) is 10.3. The average molecular weight is 222 g/mol. The van der Waals surface area contributed by atoms with E-state index >= 15 is 0 Å². The Morgan fingerprint density at radius 1 is 1.60 bits per heavy atom. The van der Waals surface area contributed by atoms with E-state index < -0.39 is 0 Å². The van der Waals surface area contributed by atoms with Crippen molar-refractivity contribution in [2.24, 2.45) is 7.05 Å². The summed E-state index contributed by atoms with van der Waals surface area (Å²) in [5.74, 6) is -0.219. The molecule has 0 aromatic carbocycles. The zero-order valence-corrected chi connectivity index (χ0v) is 9.21. The average Bonchev–Trinajstić information content (AvgIpc) is 2.75. The minimum absolute atomic E-state index is 0.219. The molecule has 0 aliphatic heterocycles. The number of rotatable bonds is 2. The molecular weight excluding hydrogens is 212 g/mol. The highest BCUT2D eigenvalue weighted by Crippen LogP contribution is 2.13. The summed E-state index contributed by atoms with van der Waals surface area (Å²) in [4.78, 5) is 15.7. The summed E-state index contributed by atoms with van der Waals surface area (Å²) < 4.78 is 1.62. The third-order valence-electron chi connectivity index (χ3n) is 1.88. The molecule has 6 heteroatoms. The van der Waals surface area contributed by atoms with Gasteiger partial charge in [0, 0.05) is 30.4 Å². The van der Waals surface area contributed by atoms with E-state index in [4.69, 9.17) is 0 Å². The van der Waals surface area contributed by atoms with E-state index in [0.29, 0.717) is 10.8 Å². The van der Waals surface area contributed by atoms with Crippen molar-refractivity contribution in [1.82, 2.24) is 14.8 Å². The van der Waals surface area contributed by atoms with Crippen LogP contribution in [0, 0.1) is 6.92 Å². The number of nitrogens with one attached hydrogen (secondary N) is 1. The Labute approximate surface area is 90.8 Å². The van der Waals surface area contributed by atoms with E-state index in [1.165, 1.54) is 11.3 Å². The first-order valence-corrected chi connectivity index (χ1v) is 5.26. The molecule has 15 heavy (non-hydrogen) atoms. The van der Waals surface area contributed by atoms with Crippen molar-refractivity contribution in [3.8, 4) is 0 Å². The predicted octanol–water partition coefficient (Wildman–Crippen LogP) is 1.44. The number of amides is 1. The topological polar surface area (TPSA) is 59.8 Å². The van der Waals surface area contributed by atoms with Crippen LogP contribution >= 0.6 is 11.3 Å². The fourth-order valence-corrected chi connectivity index (χ4v) is 1.80. The smallest absolute Gasteiger partial charge is 0.278 e. The lowest BCUT2D eigenvalue weighted by molar-refractivity contribution is 0.102. The zero-order chi connectivity index (χ0) is 10.8. The summed E-state index contributed by atoms with van der Waals surface area (Å²) in [6.07, 6.45) is 3.45. The Balaban J connectivity index is 2.18. The van der Waals surface area contributed by atoms with Gasteiger partial charge in [-0.15, -0.1) is 11.3 Å². The van der Waals surface area contributed by atoms with E-state index in [1.54, 1.807) is 29.5 Å². The van der Waals surface area contributed by atoms with Crippen LogP contribution in [0.1, 0.15) is 16.1 Å². The number of thiazole rings is 1. The molecule has 0 saturated carbocycles. The quantitative estimate of drug-likeness (QED) is 0.836. The van der Waals surface area contributed by atoms with Crippen molar-refractivity contribution in [2.75, 3.05) is 5.32 Å². The van der Waals surface area contributed by atoms with Gasteiger partial charge in [0.25, 0.3) is 5.91 Å². The maximum atomic E-state index is 11.7. The van der Waals surface area contributed by atoms with Crippen LogP contribution < -0.4 is 5.32 Å². The maximum absolute atomic E-state index is 11.7. The fraction of sp³-hybridized carbons (Fsp3) is 0.222. The number of anilines is 1. The highest BCUT2D eigenvalue weighted by molar-refractivity contribution is 7.13. The number of aryl methyl sites for hydroxylation is 2. The third-order valence-corrected chi connectivity index (χ3v) is 2.57. The van der Waals surface area contributed by atoms with Crippen molar-refractivity contribution in [2.45, 2.75) is 6.92 Å². The van der Waals surface area contributed by atoms with Crippen LogP contribution in [0.4, 0.5) is 5.13 Å². The minimum Gasteiger partial charge on any atom is -0.296 e. The Morgan fingerprint density at radius 2 is 2.40 bits per heavy atom. The molecule has 78 valence electrons. The molecular formula is C9H10N4OS. The lowest BCUT2D eigenvalue weighted by Gasteiger charge is -1.98. The summed E-state index contributed by atoms with van der Waals surface area (Å²) in [5, 5.41) is 9.15. The molecule has 0 atom stereocenters. The molecule has 0 saturated heterocycles. The van der Waals surface area contributed by atoms with Gasteiger partial charge in [-0.1, -0.05) is 0 Å². The van der Waals surface area contributed by atoms with Gasteiger partial charge in [-0.25, -0.2) is 4.98 Å². The summed E-state index contributed by atoms with van der Waals surface area (Å²) >= 11 is 1.38. The number of nitrogens with zero attached hydrogens (tertiary/aromatic N) is 3. The van der Waals surface area contributed by atoms with E-state index in [1.807, 2.05) is 6.92 Å². The molecule has 1 amide bonds. The van der Waals surface area contributed by atoms with Crippen LogP contribution in [-0.2, 0) is 7.05 Å². The van der Waals surface area contributed by atoms with Gasteiger partial charge < -0.3 is 0 Å². The molecule has 0 bridgehead atoms. The predicted molar refractivity (Wildman–Crippen MR) is 58.0 cm³/mol. The molecule has 0 aliphatic carbocycles. The van der Waals surface area contributed by atoms with Crippen LogP contribution in [0.3, 0.4) is 0 Å². The third kappa shape index (κ3) is 2.04. The van der Waals surface area contributed by atoms with Gasteiger partial charge in [-0.05, 0) is 6.92 Å². The maximum Gasteiger partial charge on any atom is 0.278 e. The van der Waals surface area contributed by atoms with E-state index in [-0.39, 0.29) is 5.91 Å². The van der Waals surface area contributed by atoms with Gasteiger partial charge >= 0.3 is 0 Å². The van der Waals surface area contributed by atoms with Crippen molar-refractivity contribution in [3.63, 3.8) is 0 Å². The molecule has 0 aliphatic rings. The first-order valence-electron chi connectivity index (χ1n) is 4.38. The Bertz CT molecular complexity index is 474. The first kappa shape index (κ1) is 9.85. The fourth-order valence-electron chi connectivity index (χ4n) is 1.27. The number of hydrogen-bond acceptors (Lipinski definition) is 4. The van der Waals surface area contributed by atoms with E-state index in [0.717, 1.165) is 5.56 Å². The Kier molecular flexibility index (Phi) is 2.51. The van der Waals surface area contributed by atoms with Crippen LogP contribution in [-0.4, -0.2) is 20.7 Å². The molecule has 0 unspecified atom stereocenters. The van der Waals surface area contributed by atoms with Crippen molar-refractivity contribution < 1.29 is 4.79 Å². The lowest BCUT2D eigenvalue weighted by atomic mass is 10.3. The molecule has 2 heterocycles. The van der Waals surface area contributed by atoms with Crippen molar-refractivity contribution in [1.29, 1.82) is 0 Å². The Hall–Kier alpha value is -1.69. The minimum atomic E-state index is -0.219. The van der Waals surface area contributed by atoms with Gasteiger partial charge in [0.15, 0.2) is 10.8 Å². The van der Waals surface area contributed by atoms with Gasteiger partial charge in [0.1, 0.15) is 0 Å². The summed E-state index contributed by atoms with van der Waals surface area (Å²) in [6, 6.07) is 0. The number of carbonyl (C=O) groups excluding carboxylic acids is 1. The van der Waals surface area contributed by atoms with E-state index in [2.05, 4.69) is 15.4 Å². The molecule has 2 aromatic heterocycles. The van der Waals surface area contributed by atoms with Crippen LogP contribution in [0.5, 0.6) is 0 Å². The molecule has 0 radical (unpaired) electrons. The molecule has 5 nitrogen and oxygen atoms in total. The second-order valence-electron chi connectivity index (χ2n) is 3.13. The molecule has 0 fully saturated rings. The first-order chi connectivity index (χ1) is 7.16. The number of carbonyl (C=O) groups is 1. The van der Waals surface area contributed by atoms with Gasteiger partial charge in [0.05, 0.1) is 0 Å². The van der Waals surface area contributed by atoms with Crippen LogP contribution in [0.15, 0.2) is 17.8 Å². The van der Waals surface area contributed by atoms with Crippen LogP contribution in [0.25, 0.3) is 0 Å². The highest BCUT2D eigenvalue weighted by atomic mass is 32.1. The van der Waals surface area contributed by atoms with Gasteiger partial charge in [0.2, 0.25) is 0 Å². The number of aromatic nitrogens is 3. The van der Waals surface area contributed by atoms with E-state index in [9.17, 15) is 4.79 Å². The van der Waals surface area contributed by atoms with Crippen LogP contribution in [0.2, 0.25) is 0 Å². The van der Waals surface area contributed by atoms with Gasteiger partial charge in [-0.3, -0.25) is 14.8 Å². The second kappa shape index (κ2) is 3.82. The SMILES string of the molecule is Cc1cn(C)nc1C(=O)Nc1nccs1. The monoisotopic (exact) mass is 222 g/mol. The van der Waals surface area contributed by atoms with Gasteiger partial charge in [-0.2, -0.15) is 5.10 Å². The standard InChI is InChI=1S/C9H10N4OS/c1-6-5-13(2)12-7(6)8(14)11-9-10-3-4-15-9/h3-5H,1-2H3,(H,10,11,14). The molecule has 0 spiro atoms. The second-order valence-corrected chi connectivity index (χ2v) is 4.02. The summed E-state index contributed by atoms with van der Waals surface area (Å²) in [7, 11) is 1.78. The lowest BCUT2D eigenvalue weighted by Crippen LogP contribution is -2.13. The zero-order valence-electron chi connectivity index (χ0n) is 8.39. The summed E-state index contributed by atoms with van der Waals surface area (Å²) in [5.41, 5.74) is 1.29. The van der Waals surface area contributed by atoms with Crippen molar-refractivity contribution >= 4 is 22.4 Å². The molecule has 2 aromatic rings. The number of hydrogen-bond donors (Lipinski definition) is 1. The Morgan fingerprint density at radius 3 is 2.93 bits per heavy atom. The molecule has 2 rings (SSSR count).